The minimum atomic E-state index is -3.34. The summed E-state index contributed by atoms with van der Waals surface area (Å²) in [4.78, 5) is 34.7. The van der Waals surface area contributed by atoms with Crippen molar-refractivity contribution in [2.75, 3.05) is 18.1 Å². The molecule has 2 aromatic heterocycles. The van der Waals surface area contributed by atoms with E-state index in [-0.39, 0.29) is 28.7 Å². The molecule has 0 atom stereocenters. The van der Waals surface area contributed by atoms with Crippen molar-refractivity contribution in [3.8, 4) is 5.69 Å². The highest BCUT2D eigenvalue weighted by Crippen LogP contribution is 2.26. The Morgan fingerprint density at radius 1 is 1.07 bits per heavy atom. The molecule has 2 aromatic carbocycles. The molecule has 208 valence electrons. The number of aryl methyl sites for hydroxylation is 3. The minimum Gasteiger partial charge on any atom is -0.355 e. The average Bonchev–Trinajstić information content (AvgIpc) is 3.40. The molecule has 2 heterocycles. The number of nitrogens with one attached hydrogen (secondary N) is 3. The lowest BCUT2D eigenvalue weighted by molar-refractivity contribution is 0.0961. The van der Waals surface area contributed by atoms with E-state index in [1.807, 2.05) is 30.3 Å². The molecule has 1 amide bonds. The van der Waals surface area contributed by atoms with Gasteiger partial charge in [0, 0.05) is 36.9 Å². The molecule has 0 aliphatic heterocycles. The van der Waals surface area contributed by atoms with Gasteiger partial charge in [-0.3, -0.25) is 9.59 Å². The lowest BCUT2D eigenvalue weighted by Crippen LogP contribution is -2.32. The van der Waals surface area contributed by atoms with Gasteiger partial charge in [-0.05, 0) is 80.5 Å². The maximum atomic E-state index is 13.2. The summed E-state index contributed by atoms with van der Waals surface area (Å²) in [6, 6.07) is 13.4. The second-order valence-corrected chi connectivity index (χ2v) is 12.1. The molecular formula is C29H32N6O4S. The second kappa shape index (κ2) is 11.2. The maximum absolute atomic E-state index is 13.2. The number of benzene rings is 2. The molecule has 0 saturated carbocycles. The summed E-state index contributed by atoms with van der Waals surface area (Å²) < 4.78 is 28.6. The van der Waals surface area contributed by atoms with Gasteiger partial charge < -0.3 is 15.2 Å². The summed E-state index contributed by atoms with van der Waals surface area (Å²) in [5.74, 6) is -0.188. The summed E-state index contributed by atoms with van der Waals surface area (Å²) in [6.07, 6.45) is 6.49. The zero-order valence-corrected chi connectivity index (χ0v) is 23.5. The number of rotatable bonds is 9. The van der Waals surface area contributed by atoms with E-state index in [0.29, 0.717) is 17.8 Å². The van der Waals surface area contributed by atoms with E-state index in [9.17, 15) is 18.0 Å². The van der Waals surface area contributed by atoms with Gasteiger partial charge in [0.2, 0.25) is 21.4 Å². The summed E-state index contributed by atoms with van der Waals surface area (Å²) >= 11 is 0. The number of nitrogens with zero attached hydrogens (tertiary/aromatic N) is 3. The molecule has 40 heavy (non-hydrogen) atoms. The van der Waals surface area contributed by atoms with Gasteiger partial charge in [-0.2, -0.15) is 4.98 Å². The van der Waals surface area contributed by atoms with Crippen molar-refractivity contribution in [1.29, 1.82) is 0 Å². The van der Waals surface area contributed by atoms with Gasteiger partial charge in [0.25, 0.3) is 5.91 Å². The third-order valence-corrected chi connectivity index (χ3v) is 8.43. The Balaban J connectivity index is 1.46. The van der Waals surface area contributed by atoms with Crippen molar-refractivity contribution < 1.29 is 13.2 Å². The van der Waals surface area contributed by atoms with E-state index in [2.05, 4.69) is 37.5 Å². The van der Waals surface area contributed by atoms with Crippen LogP contribution in [0.2, 0.25) is 0 Å². The SMILES string of the molecule is CNC(=O)c1cn(-c2ccc3c(c2)CCC3)c2nc(Nc3ccc(CCS(=O)(=O)NC(C)C)cc3)ncc2c1=O. The van der Waals surface area contributed by atoms with Crippen LogP contribution in [0.15, 0.2) is 59.7 Å². The first-order valence-electron chi connectivity index (χ1n) is 13.3. The van der Waals surface area contributed by atoms with Crippen molar-refractivity contribution in [2.45, 2.75) is 45.6 Å². The fourth-order valence-electron chi connectivity index (χ4n) is 4.93. The third kappa shape index (κ3) is 5.90. The standard InChI is InChI=1S/C29H32N6O4S/c1-18(2)34-40(38,39)14-13-19-7-10-22(11-8-19)32-29-31-16-24-26(36)25(28(37)30-3)17-35(27(24)33-29)23-12-9-20-5-4-6-21(20)15-23/h7-12,15-18,34H,4-6,13-14H2,1-3H3,(H,30,37)(H,31,32,33). The normalized spacial score (nSPS) is 13.0. The summed E-state index contributed by atoms with van der Waals surface area (Å²) in [5, 5.41) is 5.94. The Kier molecular flexibility index (Phi) is 7.68. The van der Waals surface area contributed by atoms with Crippen LogP contribution < -0.4 is 20.8 Å². The molecule has 0 radical (unpaired) electrons. The molecule has 1 aliphatic carbocycles. The zero-order valence-electron chi connectivity index (χ0n) is 22.7. The van der Waals surface area contributed by atoms with Crippen molar-refractivity contribution in [1.82, 2.24) is 24.6 Å². The topological polar surface area (TPSA) is 135 Å². The van der Waals surface area contributed by atoms with E-state index < -0.39 is 21.4 Å². The van der Waals surface area contributed by atoms with Gasteiger partial charge in [-0.25, -0.2) is 18.1 Å². The highest BCUT2D eigenvalue weighted by Gasteiger charge is 2.19. The van der Waals surface area contributed by atoms with Crippen molar-refractivity contribution >= 4 is 38.6 Å². The van der Waals surface area contributed by atoms with E-state index in [0.717, 1.165) is 30.5 Å². The molecule has 0 fully saturated rings. The molecule has 1 aliphatic rings. The number of amides is 1. The first kappa shape index (κ1) is 27.5. The second-order valence-electron chi connectivity index (χ2n) is 10.2. The summed E-state index contributed by atoms with van der Waals surface area (Å²) in [6.45, 7) is 3.58. The molecule has 0 unspecified atom stereocenters. The van der Waals surface area contributed by atoms with Crippen molar-refractivity contribution in [3.05, 3.63) is 87.3 Å². The van der Waals surface area contributed by atoms with E-state index in [4.69, 9.17) is 0 Å². The number of carbonyl (C=O) groups is 1. The van der Waals surface area contributed by atoms with Crippen LogP contribution in [0, 0.1) is 0 Å². The van der Waals surface area contributed by atoms with Crippen LogP contribution in [0.1, 0.15) is 47.3 Å². The van der Waals surface area contributed by atoms with Gasteiger partial charge in [-0.15, -0.1) is 0 Å². The first-order valence-corrected chi connectivity index (χ1v) is 14.9. The molecule has 10 nitrogen and oxygen atoms in total. The van der Waals surface area contributed by atoms with E-state index in [1.165, 1.54) is 30.6 Å². The predicted molar refractivity (Wildman–Crippen MR) is 156 cm³/mol. The van der Waals surface area contributed by atoms with E-state index >= 15 is 0 Å². The highest BCUT2D eigenvalue weighted by molar-refractivity contribution is 7.89. The highest BCUT2D eigenvalue weighted by atomic mass is 32.2. The molecule has 4 aromatic rings. The van der Waals surface area contributed by atoms with Gasteiger partial charge in [0.05, 0.1) is 11.1 Å². The van der Waals surface area contributed by atoms with E-state index in [1.54, 1.807) is 18.4 Å². The predicted octanol–water partition coefficient (Wildman–Crippen LogP) is 3.24. The number of aromatic nitrogens is 3. The smallest absolute Gasteiger partial charge is 0.256 e. The van der Waals surface area contributed by atoms with Crippen LogP contribution in [0.3, 0.4) is 0 Å². The maximum Gasteiger partial charge on any atom is 0.256 e. The van der Waals surface area contributed by atoms with Crippen molar-refractivity contribution in [3.63, 3.8) is 0 Å². The number of carbonyl (C=O) groups excluding carboxylic acids is 1. The fraction of sp³-hybridized carbons (Fsp3) is 0.310. The molecular weight excluding hydrogens is 528 g/mol. The van der Waals surface area contributed by atoms with Gasteiger partial charge in [0.15, 0.2) is 5.65 Å². The number of fused-ring (bicyclic) bond motifs is 2. The number of anilines is 2. The molecule has 0 bridgehead atoms. The van der Waals surface area contributed by atoms with Crippen LogP contribution in [0.4, 0.5) is 11.6 Å². The monoisotopic (exact) mass is 560 g/mol. The molecule has 3 N–H and O–H groups in total. The quantitative estimate of drug-likeness (QED) is 0.286. The Labute approximate surface area is 232 Å². The molecule has 0 saturated heterocycles. The average molecular weight is 561 g/mol. The molecule has 11 heteroatoms. The minimum absolute atomic E-state index is 0.00397. The van der Waals surface area contributed by atoms with Crippen LogP contribution in [-0.4, -0.2) is 47.7 Å². The van der Waals surface area contributed by atoms with Crippen molar-refractivity contribution in [2.24, 2.45) is 0 Å². The van der Waals surface area contributed by atoms with Crippen LogP contribution >= 0.6 is 0 Å². The summed E-state index contributed by atoms with van der Waals surface area (Å²) in [5.41, 5.74) is 4.93. The Bertz CT molecular complexity index is 1750. The lowest BCUT2D eigenvalue weighted by Gasteiger charge is -2.15. The van der Waals surface area contributed by atoms with Gasteiger partial charge in [-0.1, -0.05) is 18.2 Å². The van der Waals surface area contributed by atoms with Crippen LogP contribution in [0.5, 0.6) is 0 Å². The number of sulfonamides is 1. The van der Waals surface area contributed by atoms with Gasteiger partial charge in [0.1, 0.15) is 5.56 Å². The first-order chi connectivity index (χ1) is 19.1. The number of pyridine rings is 1. The lowest BCUT2D eigenvalue weighted by atomic mass is 10.1. The largest absolute Gasteiger partial charge is 0.355 e. The van der Waals surface area contributed by atoms with Crippen LogP contribution in [0.25, 0.3) is 16.7 Å². The number of hydrogen-bond donors (Lipinski definition) is 3. The molecule has 0 spiro atoms. The zero-order chi connectivity index (χ0) is 28.4. The fourth-order valence-corrected chi connectivity index (χ4v) is 6.27. The molecule has 5 rings (SSSR count). The van der Waals surface area contributed by atoms with Gasteiger partial charge >= 0.3 is 0 Å². The number of hydrogen-bond acceptors (Lipinski definition) is 7. The third-order valence-electron chi connectivity index (χ3n) is 6.86. The Morgan fingerprint density at radius 3 is 2.55 bits per heavy atom. The Hall–Kier alpha value is -4.09. The Morgan fingerprint density at radius 2 is 1.82 bits per heavy atom. The van der Waals surface area contributed by atoms with Crippen LogP contribution in [-0.2, 0) is 29.3 Å². The summed E-state index contributed by atoms with van der Waals surface area (Å²) in [7, 11) is -1.85.